The summed E-state index contributed by atoms with van der Waals surface area (Å²) in [5.74, 6) is 0. The maximum atomic E-state index is 8.88. The average molecular weight is 272 g/mol. The Morgan fingerprint density at radius 1 is 0.950 bits per heavy atom. The van der Waals surface area contributed by atoms with Crippen molar-refractivity contribution in [2.24, 2.45) is 0 Å². The van der Waals surface area contributed by atoms with Gasteiger partial charge in [0.25, 0.3) is 0 Å². The summed E-state index contributed by atoms with van der Waals surface area (Å²) in [6, 6.07) is 13.3. The second-order valence-corrected chi connectivity index (χ2v) is 4.51. The van der Waals surface area contributed by atoms with Gasteiger partial charge in [0.15, 0.2) is 0 Å². The van der Waals surface area contributed by atoms with Gasteiger partial charge >= 0.3 is 0 Å². The Hall–Kier alpha value is -2.40. The van der Waals surface area contributed by atoms with Crippen LogP contribution in [0.15, 0.2) is 42.5 Å². The molecular formula is C15H20N4O. The van der Waals surface area contributed by atoms with Crippen LogP contribution in [0.25, 0.3) is 0 Å². The maximum Gasteiger partial charge on any atom is 0.0604 e. The van der Waals surface area contributed by atoms with E-state index in [1.165, 1.54) is 0 Å². The van der Waals surface area contributed by atoms with Crippen LogP contribution in [0.4, 0.5) is 22.7 Å². The highest BCUT2D eigenvalue weighted by atomic mass is 16.3. The molecule has 2 aromatic rings. The summed E-state index contributed by atoms with van der Waals surface area (Å²) in [6.45, 7) is 1.20. The molecule has 0 amide bonds. The van der Waals surface area contributed by atoms with Crippen LogP contribution in [0.5, 0.6) is 0 Å². The van der Waals surface area contributed by atoms with Gasteiger partial charge in [-0.3, -0.25) is 0 Å². The van der Waals surface area contributed by atoms with Crippen molar-refractivity contribution in [2.75, 3.05) is 35.3 Å². The third kappa shape index (κ3) is 3.55. The number of hydrogen-bond donors (Lipinski definition) is 5. The molecule has 0 atom stereocenters. The number of rotatable bonds is 6. The third-order valence-corrected chi connectivity index (χ3v) is 2.99. The zero-order valence-corrected chi connectivity index (χ0v) is 11.3. The number of para-hydroxylation sites is 2. The van der Waals surface area contributed by atoms with E-state index in [2.05, 4.69) is 10.6 Å². The summed E-state index contributed by atoms with van der Waals surface area (Å²) >= 11 is 0. The van der Waals surface area contributed by atoms with Gasteiger partial charge in [-0.2, -0.15) is 0 Å². The molecule has 0 aromatic heterocycles. The van der Waals surface area contributed by atoms with E-state index in [0.29, 0.717) is 24.5 Å². The Morgan fingerprint density at radius 2 is 1.65 bits per heavy atom. The van der Waals surface area contributed by atoms with Gasteiger partial charge in [-0.15, -0.1) is 0 Å². The van der Waals surface area contributed by atoms with E-state index >= 15 is 0 Å². The van der Waals surface area contributed by atoms with Gasteiger partial charge in [-0.25, -0.2) is 0 Å². The summed E-state index contributed by atoms with van der Waals surface area (Å²) in [7, 11) is 0. The molecule has 0 aliphatic heterocycles. The lowest BCUT2D eigenvalue weighted by atomic mass is 10.1. The second kappa shape index (κ2) is 6.68. The Labute approximate surface area is 118 Å². The smallest absolute Gasteiger partial charge is 0.0604 e. The van der Waals surface area contributed by atoms with Crippen molar-refractivity contribution in [1.82, 2.24) is 0 Å². The lowest BCUT2D eigenvalue weighted by Gasteiger charge is -2.14. The summed E-state index contributed by atoms with van der Waals surface area (Å²) in [5, 5.41) is 15.4. The second-order valence-electron chi connectivity index (χ2n) is 4.51. The number of hydrogen-bond acceptors (Lipinski definition) is 5. The van der Waals surface area contributed by atoms with Gasteiger partial charge in [0.2, 0.25) is 0 Å². The Kier molecular flexibility index (Phi) is 4.68. The molecular weight excluding hydrogens is 252 g/mol. The number of aliphatic hydroxyl groups excluding tert-OH is 1. The van der Waals surface area contributed by atoms with Crippen LogP contribution in [0.1, 0.15) is 5.56 Å². The Bertz CT molecular complexity index is 572. The van der Waals surface area contributed by atoms with Gasteiger partial charge < -0.3 is 27.2 Å². The number of anilines is 4. The largest absolute Gasteiger partial charge is 0.399 e. The number of nitrogen functional groups attached to an aromatic ring is 2. The van der Waals surface area contributed by atoms with Gasteiger partial charge in [-0.1, -0.05) is 12.1 Å². The fraction of sp³-hybridized carbons (Fsp3) is 0.200. The molecule has 5 nitrogen and oxygen atoms in total. The van der Waals surface area contributed by atoms with E-state index in [0.717, 1.165) is 16.9 Å². The molecule has 7 N–H and O–H groups in total. The normalized spacial score (nSPS) is 10.2. The fourth-order valence-electron chi connectivity index (χ4n) is 1.95. The van der Waals surface area contributed by atoms with Gasteiger partial charge in [0, 0.05) is 24.5 Å². The fourth-order valence-corrected chi connectivity index (χ4v) is 1.95. The quantitative estimate of drug-likeness (QED) is 0.517. The molecule has 0 unspecified atom stereocenters. The standard InChI is InChI=1S/C15H20N4O/c16-12-5-6-13(17)11(9-12)10-19-15-4-2-1-3-14(15)18-7-8-20/h1-6,9,18-20H,7-8,10,16-17H2. The van der Waals surface area contributed by atoms with Crippen molar-refractivity contribution in [3.05, 3.63) is 48.0 Å². The first-order valence-electron chi connectivity index (χ1n) is 6.52. The highest BCUT2D eigenvalue weighted by Gasteiger charge is 2.03. The van der Waals surface area contributed by atoms with Crippen molar-refractivity contribution in [2.45, 2.75) is 6.54 Å². The maximum absolute atomic E-state index is 8.88. The number of benzene rings is 2. The lowest BCUT2D eigenvalue weighted by Crippen LogP contribution is -2.09. The summed E-state index contributed by atoms with van der Waals surface area (Å²) < 4.78 is 0. The minimum Gasteiger partial charge on any atom is -0.399 e. The van der Waals surface area contributed by atoms with E-state index in [1.807, 2.05) is 36.4 Å². The van der Waals surface area contributed by atoms with E-state index < -0.39 is 0 Å². The highest BCUT2D eigenvalue weighted by Crippen LogP contribution is 2.23. The molecule has 20 heavy (non-hydrogen) atoms. The topological polar surface area (TPSA) is 96.3 Å². The summed E-state index contributed by atoms with van der Waals surface area (Å²) in [6.07, 6.45) is 0. The van der Waals surface area contributed by atoms with Crippen molar-refractivity contribution in [3.63, 3.8) is 0 Å². The molecule has 0 radical (unpaired) electrons. The van der Waals surface area contributed by atoms with E-state index in [1.54, 1.807) is 6.07 Å². The molecule has 5 heteroatoms. The summed E-state index contributed by atoms with van der Waals surface area (Å²) in [5.41, 5.74) is 16.0. The third-order valence-electron chi connectivity index (χ3n) is 2.99. The molecule has 0 aliphatic rings. The highest BCUT2D eigenvalue weighted by molar-refractivity contribution is 5.69. The average Bonchev–Trinajstić information content (AvgIpc) is 2.47. The number of nitrogens with two attached hydrogens (primary N) is 2. The lowest BCUT2D eigenvalue weighted by molar-refractivity contribution is 0.311. The minimum absolute atomic E-state index is 0.0938. The predicted octanol–water partition coefficient (Wildman–Crippen LogP) is 1.87. The van der Waals surface area contributed by atoms with Crippen LogP contribution in [0.3, 0.4) is 0 Å². The number of nitrogens with one attached hydrogen (secondary N) is 2. The molecule has 0 fully saturated rings. The predicted molar refractivity (Wildman–Crippen MR) is 84.6 cm³/mol. The van der Waals surface area contributed by atoms with E-state index in [9.17, 15) is 0 Å². The first kappa shape index (κ1) is 14.0. The molecule has 0 saturated carbocycles. The Balaban J connectivity index is 2.08. The molecule has 106 valence electrons. The van der Waals surface area contributed by atoms with Crippen molar-refractivity contribution in [3.8, 4) is 0 Å². The van der Waals surface area contributed by atoms with Crippen molar-refractivity contribution in [1.29, 1.82) is 0 Å². The van der Waals surface area contributed by atoms with Crippen LogP contribution in [0, 0.1) is 0 Å². The molecule has 0 bridgehead atoms. The first-order chi connectivity index (χ1) is 9.70. The molecule has 0 heterocycles. The SMILES string of the molecule is Nc1ccc(N)c(CNc2ccccc2NCCO)c1. The van der Waals surface area contributed by atoms with Crippen molar-refractivity contribution >= 4 is 22.7 Å². The van der Waals surface area contributed by atoms with Crippen LogP contribution in [0.2, 0.25) is 0 Å². The monoisotopic (exact) mass is 272 g/mol. The zero-order chi connectivity index (χ0) is 14.4. The van der Waals surface area contributed by atoms with Gasteiger partial charge in [-0.05, 0) is 35.9 Å². The molecule has 2 rings (SSSR count). The van der Waals surface area contributed by atoms with Crippen LogP contribution < -0.4 is 22.1 Å². The Morgan fingerprint density at radius 3 is 2.35 bits per heavy atom. The first-order valence-corrected chi connectivity index (χ1v) is 6.52. The van der Waals surface area contributed by atoms with Crippen LogP contribution >= 0.6 is 0 Å². The van der Waals surface area contributed by atoms with Gasteiger partial charge in [0.1, 0.15) is 0 Å². The zero-order valence-electron chi connectivity index (χ0n) is 11.3. The van der Waals surface area contributed by atoms with Gasteiger partial charge in [0.05, 0.1) is 18.0 Å². The minimum atomic E-state index is 0.0938. The molecule has 0 spiro atoms. The molecule has 0 aliphatic carbocycles. The van der Waals surface area contributed by atoms with Crippen LogP contribution in [-0.4, -0.2) is 18.3 Å². The number of aliphatic hydroxyl groups is 1. The molecule has 2 aromatic carbocycles. The van der Waals surface area contributed by atoms with E-state index in [4.69, 9.17) is 16.6 Å². The summed E-state index contributed by atoms with van der Waals surface area (Å²) in [4.78, 5) is 0. The molecule has 0 saturated heterocycles. The van der Waals surface area contributed by atoms with Crippen LogP contribution in [-0.2, 0) is 6.54 Å². The van der Waals surface area contributed by atoms with Crippen molar-refractivity contribution < 1.29 is 5.11 Å². The van der Waals surface area contributed by atoms with E-state index in [-0.39, 0.29) is 6.61 Å².